The molecule has 1 aliphatic heterocycles. The Morgan fingerprint density at radius 2 is 2.38 bits per heavy atom. The zero-order valence-corrected chi connectivity index (χ0v) is 8.83. The van der Waals surface area contributed by atoms with Crippen molar-refractivity contribution in [3.63, 3.8) is 0 Å². The number of hydrogen-bond acceptors (Lipinski definition) is 3. The van der Waals surface area contributed by atoms with Crippen LogP contribution in [0.5, 0.6) is 0 Å². The Bertz CT molecular complexity index is 141. The second-order valence-corrected chi connectivity index (χ2v) is 4.03. The third-order valence-corrected chi connectivity index (χ3v) is 2.92. The quantitative estimate of drug-likeness (QED) is 0.686. The first-order valence-corrected chi connectivity index (χ1v) is 5.21. The van der Waals surface area contributed by atoms with Crippen molar-refractivity contribution in [1.29, 1.82) is 0 Å². The summed E-state index contributed by atoms with van der Waals surface area (Å²) in [6, 6.07) is 0.563. The van der Waals surface area contributed by atoms with Crippen molar-refractivity contribution in [1.82, 2.24) is 4.90 Å². The van der Waals surface area contributed by atoms with E-state index in [1.165, 1.54) is 25.9 Å². The Balaban J connectivity index is 2.23. The first kappa shape index (κ1) is 11.0. The summed E-state index contributed by atoms with van der Waals surface area (Å²) in [5.41, 5.74) is 5.55. The molecule has 0 aromatic carbocycles. The lowest BCUT2D eigenvalue weighted by Gasteiger charge is -2.23. The Hall–Kier alpha value is -0.120. The third-order valence-electron chi connectivity index (χ3n) is 2.92. The van der Waals surface area contributed by atoms with E-state index in [2.05, 4.69) is 11.8 Å². The molecule has 1 aliphatic rings. The van der Waals surface area contributed by atoms with Crippen LogP contribution in [0.1, 0.15) is 19.8 Å². The Labute approximate surface area is 81.2 Å². The fraction of sp³-hybridized carbons (Fsp3) is 1.00. The van der Waals surface area contributed by atoms with Gasteiger partial charge in [0.05, 0.1) is 6.61 Å². The first-order chi connectivity index (χ1) is 6.27. The van der Waals surface area contributed by atoms with Gasteiger partial charge in [-0.2, -0.15) is 0 Å². The second-order valence-electron chi connectivity index (χ2n) is 4.03. The van der Waals surface area contributed by atoms with Crippen molar-refractivity contribution >= 4 is 0 Å². The largest absolute Gasteiger partial charge is 0.383 e. The lowest BCUT2D eigenvalue weighted by Crippen LogP contribution is -2.34. The maximum absolute atomic E-state index is 5.55. The van der Waals surface area contributed by atoms with Crippen LogP contribution in [0.25, 0.3) is 0 Å². The summed E-state index contributed by atoms with van der Waals surface area (Å²) in [6.45, 7) is 6.33. The van der Waals surface area contributed by atoms with E-state index in [-0.39, 0.29) is 0 Å². The molecule has 0 bridgehead atoms. The van der Waals surface area contributed by atoms with E-state index >= 15 is 0 Å². The predicted octanol–water partition coefficient (Wildman–Crippen LogP) is 0.692. The van der Waals surface area contributed by atoms with Crippen LogP contribution in [-0.2, 0) is 4.74 Å². The maximum Gasteiger partial charge on any atom is 0.0615 e. The standard InChI is InChI=1S/C10H22N2O/c1-9(8-13-2)12-6-4-10(7-12)3-5-11/h9-10H,3-8,11H2,1-2H3. The average Bonchev–Trinajstić information content (AvgIpc) is 2.54. The highest BCUT2D eigenvalue weighted by molar-refractivity contribution is 4.79. The van der Waals surface area contributed by atoms with E-state index in [1.54, 1.807) is 7.11 Å². The molecule has 0 radical (unpaired) electrons. The van der Waals surface area contributed by atoms with E-state index in [4.69, 9.17) is 10.5 Å². The van der Waals surface area contributed by atoms with Crippen molar-refractivity contribution in [3.8, 4) is 0 Å². The highest BCUT2D eigenvalue weighted by atomic mass is 16.5. The number of nitrogens with two attached hydrogens (primary N) is 1. The molecule has 0 spiro atoms. The highest BCUT2D eigenvalue weighted by Gasteiger charge is 2.24. The van der Waals surface area contributed by atoms with Gasteiger partial charge in [-0.3, -0.25) is 4.90 Å². The SMILES string of the molecule is COCC(C)N1CCC(CCN)C1. The molecule has 2 N–H and O–H groups in total. The summed E-state index contributed by atoms with van der Waals surface area (Å²) in [7, 11) is 1.77. The lowest BCUT2D eigenvalue weighted by atomic mass is 10.1. The number of ether oxygens (including phenoxy) is 1. The smallest absolute Gasteiger partial charge is 0.0615 e. The monoisotopic (exact) mass is 186 g/mol. The third kappa shape index (κ3) is 3.25. The summed E-state index contributed by atoms with van der Waals surface area (Å²) in [4.78, 5) is 2.50. The topological polar surface area (TPSA) is 38.5 Å². The van der Waals surface area contributed by atoms with Crippen LogP contribution in [-0.4, -0.2) is 44.3 Å². The van der Waals surface area contributed by atoms with E-state index in [0.717, 1.165) is 19.1 Å². The fourth-order valence-corrected chi connectivity index (χ4v) is 2.08. The van der Waals surface area contributed by atoms with Crippen LogP contribution in [0.4, 0.5) is 0 Å². The van der Waals surface area contributed by atoms with Crippen LogP contribution in [0.15, 0.2) is 0 Å². The summed E-state index contributed by atoms with van der Waals surface area (Å²) < 4.78 is 5.14. The Morgan fingerprint density at radius 1 is 1.62 bits per heavy atom. The van der Waals surface area contributed by atoms with Crippen LogP contribution in [0.2, 0.25) is 0 Å². The molecule has 1 fully saturated rings. The average molecular weight is 186 g/mol. The molecule has 13 heavy (non-hydrogen) atoms. The Kier molecular flexibility index (Phi) is 4.70. The van der Waals surface area contributed by atoms with Crippen LogP contribution >= 0.6 is 0 Å². The summed E-state index contributed by atoms with van der Waals surface area (Å²) in [5, 5.41) is 0. The maximum atomic E-state index is 5.55. The molecule has 1 heterocycles. The molecule has 0 saturated carbocycles. The molecular weight excluding hydrogens is 164 g/mol. The van der Waals surface area contributed by atoms with Crippen molar-refractivity contribution < 1.29 is 4.74 Å². The van der Waals surface area contributed by atoms with Gasteiger partial charge >= 0.3 is 0 Å². The summed E-state index contributed by atoms with van der Waals surface area (Å²) in [5.74, 6) is 0.823. The molecule has 0 aromatic heterocycles. The van der Waals surface area contributed by atoms with Gasteiger partial charge in [0.2, 0.25) is 0 Å². The van der Waals surface area contributed by atoms with Crippen LogP contribution in [0.3, 0.4) is 0 Å². The zero-order chi connectivity index (χ0) is 9.68. The van der Waals surface area contributed by atoms with Gasteiger partial charge in [-0.25, -0.2) is 0 Å². The molecule has 3 nitrogen and oxygen atoms in total. The zero-order valence-electron chi connectivity index (χ0n) is 8.83. The number of rotatable bonds is 5. The van der Waals surface area contributed by atoms with Gasteiger partial charge in [0.25, 0.3) is 0 Å². The van der Waals surface area contributed by atoms with Crippen LogP contribution in [0, 0.1) is 5.92 Å². The van der Waals surface area contributed by atoms with Gasteiger partial charge in [-0.15, -0.1) is 0 Å². The van der Waals surface area contributed by atoms with E-state index in [9.17, 15) is 0 Å². The minimum atomic E-state index is 0.563. The van der Waals surface area contributed by atoms with Gasteiger partial charge in [-0.1, -0.05) is 0 Å². The van der Waals surface area contributed by atoms with Gasteiger partial charge in [0, 0.05) is 19.7 Å². The van der Waals surface area contributed by atoms with Crippen molar-refractivity contribution in [2.24, 2.45) is 11.7 Å². The number of likely N-dealkylation sites (tertiary alicyclic amines) is 1. The molecule has 3 heteroatoms. The minimum absolute atomic E-state index is 0.563. The van der Waals surface area contributed by atoms with Crippen LogP contribution < -0.4 is 5.73 Å². The van der Waals surface area contributed by atoms with Gasteiger partial charge < -0.3 is 10.5 Å². The molecule has 1 rings (SSSR count). The summed E-state index contributed by atoms with van der Waals surface area (Å²) in [6.07, 6.45) is 2.49. The molecule has 2 atom stereocenters. The minimum Gasteiger partial charge on any atom is -0.383 e. The highest BCUT2D eigenvalue weighted by Crippen LogP contribution is 2.20. The van der Waals surface area contributed by atoms with Gasteiger partial charge in [0.15, 0.2) is 0 Å². The fourth-order valence-electron chi connectivity index (χ4n) is 2.08. The molecule has 2 unspecified atom stereocenters. The molecule has 1 saturated heterocycles. The van der Waals surface area contributed by atoms with E-state index in [0.29, 0.717) is 6.04 Å². The summed E-state index contributed by atoms with van der Waals surface area (Å²) >= 11 is 0. The first-order valence-electron chi connectivity index (χ1n) is 5.21. The lowest BCUT2D eigenvalue weighted by molar-refractivity contribution is 0.112. The molecule has 0 aliphatic carbocycles. The Morgan fingerprint density at radius 3 is 3.00 bits per heavy atom. The molecular formula is C10H22N2O. The van der Waals surface area contributed by atoms with Gasteiger partial charge in [0.1, 0.15) is 0 Å². The van der Waals surface area contributed by atoms with E-state index < -0.39 is 0 Å². The van der Waals surface area contributed by atoms with Crippen molar-refractivity contribution in [2.45, 2.75) is 25.8 Å². The normalized spacial score (nSPS) is 26.5. The van der Waals surface area contributed by atoms with Crippen molar-refractivity contribution in [3.05, 3.63) is 0 Å². The number of hydrogen-bond donors (Lipinski definition) is 1. The molecule has 78 valence electrons. The number of nitrogens with zero attached hydrogens (tertiary/aromatic N) is 1. The predicted molar refractivity (Wildman–Crippen MR) is 54.7 cm³/mol. The van der Waals surface area contributed by atoms with E-state index in [1.807, 2.05) is 0 Å². The second kappa shape index (κ2) is 5.58. The van der Waals surface area contributed by atoms with Crippen molar-refractivity contribution in [2.75, 3.05) is 33.4 Å². The number of methoxy groups -OCH3 is 1. The molecule has 0 amide bonds. The van der Waals surface area contributed by atoms with Gasteiger partial charge in [-0.05, 0) is 38.8 Å². The molecule has 0 aromatic rings.